The van der Waals surface area contributed by atoms with E-state index in [4.69, 9.17) is 9.52 Å². The summed E-state index contributed by atoms with van der Waals surface area (Å²) < 4.78 is 5.23. The van der Waals surface area contributed by atoms with Crippen molar-refractivity contribution in [3.05, 3.63) is 61.2 Å². The number of benzene rings is 1. The SMILES string of the molecule is O=C(O)CC1C=CC=C/C1=N\Nc1ccc(-c2cnco2)cc1. The average molecular weight is 309 g/mol. The van der Waals surface area contributed by atoms with Crippen LogP contribution in [0, 0.1) is 5.92 Å². The molecule has 0 fully saturated rings. The number of carboxylic acid groups (broad SMARTS) is 1. The van der Waals surface area contributed by atoms with Crippen LogP contribution in [0.25, 0.3) is 11.3 Å². The second kappa shape index (κ2) is 6.74. The van der Waals surface area contributed by atoms with Crippen LogP contribution in [0.4, 0.5) is 5.69 Å². The first-order chi connectivity index (χ1) is 11.2. The van der Waals surface area contributed by atoms with Crippen LogP contribution < -0.4 is 5.43 Å². The highest BCUT2D eigenvalue weighted by Gasteiger charge is 2.16. The number of hydrogen-bond donors (Lipinski definition) is 2. The predicted molar refractivity (Wildman–Crippen MR) is 87.0 cm³/mol. The average Bonchev–Trinajstić information content (AvgIpc) is 3.08. The van der Waals surface area contributed by atoms with Gasteiger partial charge in [-0.2, -0.15) is 5.10 Å². The fourth-order valence-corrected chi connectivity index (χ4v) is 2.25. The van der Waals surface area contributed by atoms with Gasteiger partial charge in [0.05, 0.1) is 24.0 Å². The maximum atomic E-state index is 10.9. The number of aliphatic carboxylic acids is 1. The zero-order valence-electron chi connectivity index (χ0n) is 12.2. The standard InChI is InChI=1S/C17H15N3O3/c21-17(22)9-13-3-1-2-4-15(13)20-19-14-7-5-12(6-8-14)16-10-18-11-23-16/h1-8,10-11,13,19H,9H2,(H,21,22)/b20-15+. The van der Waals surface area contributed by atoms with Gasteiger partial charge in [0.15, 0.2) is 12.2 Å². The van der Waals surface area contributed by atoms with Gasteiger partial charge in [-0.1, -0.05) is 18.2 Å². The summed E-state index contributed by atoms with van der Waals surface area (Å²) in [6.07, 6.45) is 10.4. The van der Waals surface area contributed by atoms with Crippen LogP contribution in [0.1, 0.15) is 6.42 Å². The molecule has 0 radical (unpaired) electrons. The molecule has 0 bridgehead atoms. The number of anilines is 1. The maximum absolute atomic E-state index is 10.9. The number of nitrogens with one attached hydrogen (secondary N) is 1. The molecule has 2 N–H and O–H groups in total. The summed E-state index contributed by atoms with van der Waals surface area (Å²) in [7, 11) is 0. The molecule has 1 aliphatic rings. The first kappa shape index (κ1) is 14.8. The van der Waals surface area contributed by atoms with E-state index < -0.39 is 5.97 Å². The molecular formula is C17H15N3O3. The second-order valence-corrected chi connectivity index (χ2v) is 5.04. The summed E-state index contributed by atoms with van der Waals surface area (Å²) in [6, 6.07) is 7.54. The molecule has 116 valence electrons. The fourth-order valence-electron chi connectivity index (χ4n) is 2.25. The Morgan fingerprint density at radius 1 is 1.30 bits per heavy atom. The van der Waals surface area contributed by atoms with Gasteiger partial charge in [0.2, 0.25) is 0 Å². The van der Waals surface area contributed by atoms with Gasteiger partial charge >= 0.3 is 5.97 Å². The minimum atomic E-state index is -0.848. The van der Waals surface area contributed by atoms with Gasteiger partial charge in [-0.15, -0.1) is 0 Å². The summed E-state index contributed by atoms with van der Waals surface area (Å²) in [5, 5.41) is 13.3. The fraction of sp³-hybridized carbons (Fsp3) is 0.118. The van der Waals surface area contributed by atoms with Crippen LogP contribution in [0.3, 0.4) is 0 Å². The number of oxazole rings is 1. The quantitative estimate of drug-likeness (QED) is 0.827. The number of carboxylic acids is 1. The highest BCUT2D eigenvalue weighted by atomic mass is 16.4. The van der Waals surface area contributed by atoms with Crippen molar-refractivity contribution < 1.29 is 14.3 Å². The Morgan fingerprint density at radius 3 is 2.83 bits per heavy atom. The van der Waals surface area contributed by atoms with Crippen molar-refractivity contribution in [2.24, 2.45) is 11.0 Å². The van der Waals surface area contributed by atoms with Crippen LogP contribution in [-0.2, 0) is 4.79 Å². The molecule has 6 nitrogen and oxygen atoms in total. The molecule has 1 atom stereocenters. The number of hydrogen-bond acceptors (Lipinski definition) is 5. The largest absolute Gasteiger partial charge is 0.481 e. The monoisotopic (exact) mass is 309 g/mol. The zero-order valence-corrected chi connectivity index (χ0v) is 12.2. The van der Waals surface area contributed by atoms with Gasteiger partial charge in [0, 0.05) is 11.5 Å². The molecule has 0 amide bonds. The minimum absolute atomic E-state index is 0.0196. The molecule has 1 unspecified atom stereocenters. The molecule has 0 aliphatic heterocycles. The maximum Gasteiger partial charge on any atom is 0.304 e. The summed E-state index contributed by atoms with van der Waals surface area (Å²) in [5.41, 5.74) is 5.37. The predicted octanol–water partition coefficient (Wildman–Crippen LogP) is 3.33. The molecule has 0 saturated heterocycles. The normalized spacial score (nSPS) is 18.3. The lowest BCUT2D eigenvalue weighted by molar-refractivity contribution is -0.137. The van der Waals surface area contributed by atoms with Crippen molar-refractivity contribution in [2.45, 2.75) is 6.42 Å². The van der Waals surface area contributed by atoms with Crippen molar-refractivity contribution in [2.75, 3.05) is 5.43 Å². The van der Waals surface area contributed by atoms with Crippen LogP contribution in [0.15, 0.2) is 70.7 Å². The third-order valence-corrected chi connectivity index (χ3v) is 3.41. The van der Waals surface area contributed by atoms with E-state index in [1.807, 2.05) is 48.6 Å². The number of carbonyl (C=O) groups is 1. The Morgan fingerprint density at radius 2 is 2.13 bits per heavy atom. The van der Waals surface area contributed by atoms with E-state index >= 15 is 0 Å². The Kier molecular flexibility index (Phi) is 4.33. The van der Waals surface area contributed by atoms with E-state index in [1.54, 1.807) is 6.20 Å². The number of rotatable bonds is 5. The third-order valence-electron chi connectivity index (χ3n) is 3.41. The van der Waals surface area contributed by atoms with Crippen LogP contribution in [0.2, 0.25) is 0 Å². The highest BCUT2D eigenvalue weighted by Crippen LogP contribution is 2.21. The van der Waals surface area contributed by atoms with Gasteiger partial charge in [0.25, 0.3) is 0 Å². The minimum Gasteiger partial charge on any atom is -0.481 e. The molecule has 6 heteroatoms. The molecular weight excluding hydrogens is 294 g/mol. The Bertz CT molecular complexity index is 759. The number of aromatic nitrogens is 1. The number of hydrazone groups is 1. The summed E-state index contributed by atoms with van der Waals surface area (Å²) >= 11 is 0. The van der Waals surface area contributed by atoms with E-state index in [-0.39, 0.29) is 12.3 Å². The molecule has 23 heavy (non-hydrogen) atoms. The summed E-state index contributed by atoms with van der Waals surface area (Å²) in [5.74, 6) is -0.373. The van der Waals surface area contributed by atoms with Crippen LogP contribution in [0.5, 0.6) is 0 Å². The first-order valence-electron chi connectivity index (χ1n) is 7.11. The topological polar surface area (TPSA) is 87.7 Å². The van der Waals surface area contributed by atoms with Gasteiger partial charge in [-0.05, 0) is 30.3 Å². The summed E-state index contributed by atoms with van der Waals surface area (Å²) in [4.78, 5) is 14.8. The van der Waals surface area contributed by atoms with E-state index in [0.717, 1.165) is 11.3 Å². The smallest absolute Gasteiger partial charge is 0.304 e. The van der Waals surface area contributed by atoms with Gasteiger partial charge in [-0.3, -0.25) is 10.2 Å². The number of allylic oxidation sites excluding steroid dienone is 4. The van der Waals surface area contributed by atoms with E-state index in [2.05, 4.69) is 15.5 Å². The lowest BCUT2D eigenvalue weighted by Crippen LogP contribution is -2.17. The number of nitrogens with zero attached hydrogens (tertiary/aromatic N) is 2. The van der Waals surface area contributed by atoms with Crippen molar-refractivity contribution in [1.82, 2.24) is 4.98 Å². The van der Waals surface area contributed by atoms with Crippen molar-refractivity contribution in [3.8, 4) is 11.3 Å². The van der Waals surface area contributed by atoms with E-state index in [1.165, 1.54) is 6.39 Å². The van der Waals surface area contributed by atoms with Crippen molar-refractivity contribution in [1.29, 1.82) is 0 Å². The highest BCUT2D eigenvalue weighted by molar-refractivity contribution is 6.01. The Labute approximate surface area is 132 Å². The molecule has 1 aromatic heterocycles. The molecule has 1 aromatic carbocycles. The second-order valence-electron chi connectivity index (χ2n) is 5.04. The molecule has 1 heterocycles. The lowest BCUT2D eigenvalue weighted by Gasteiger charge is -2.13. The summed E-state index contributed by atoms with van der Waals surface area (Å²) in [6.45, 7) is 0. The lowest BCUT2D eigenvalue weighted by atomic mass is 9.95. The van der Waals surface area contributed by atoms with Gasteiger partial charge in [-0.25, -0.2) is 4.98 Å². The molecule has 0 saturated carbocycles. The third kappa shape index (κ3) is 3.74. The van der Waals surface area contributed by atoms with Crippen molar-refractivity contribution in [3.63, 3.8) is 0 Å². The molecule has 0 spiro atoms. The Balaban J connectivity index is 1.70. The van der Waals surface area contributed by atoms with E-state index in [0.29, 0.717) is 11.5 Å². The molecule has 1 aliphatic carbocycles. The van der Waals surface area contributed by atoms with Gasteiger partial charge in [0.1, 0.15) is 0 Å². The van der Waals surface area contributed by atoms with E-state index in [9.17, 15) is 4.79 Å². The first-order valence-corrected chi connectivity index (χ1v) is 7.11. The molecule has 2 aromatic rings. The molecule has 3 rings (SSSR count). The zero-order chi connectivity index (χ0) is 16.1. The van der Waals surface area contributed by atoms with Crippen molar-refractivity contribution >= 4 is 17.4 Å². The van der Waals surface area contributed by atoms with Gasteiger partial charge < -0.3 is 9.52 Å². The van der Waals surface area contributed by atoms with Crippen LogP contribution >= 0.6 is 0 Å². The van der Waals surface area contributed by atoms with Crippen LogP contribution in [-0.4, -0.2) is 21.8 Å². The Hall–Kier alpha value is -3.15.